The predicted octanol–water partition coefficient (Wildman–Crippen LogP) is 4.36. The second kappa shape index (κ2) is 8.30. The van der Waals surface area contributed by atoms with E-state index in [1.54, 1.807) is 24.3 Å². The van der Waals surface area contributed by atoms with Crippen molar-refractivity contribution in [1.82, 2.24) is 0 Å². The molecule has 0 amide bonds. The van der Waals surface area contributed by atoms with Crippen molar-refractivity contribution in [2.75, 3.05) is 10.5 Å². The summed E-state index contributed by atoms with van der Waals surface area (Å²) < 4.78 is 41.7. The lowest BCUT2D eigenvalue weighted by Crippen LogP contribution is -2.13. The fourth-order valence-corrected chi connectivity index (χ4v) is 4.87. The van der Waals surface area contributed by atoms with E-state index in [9.17, 15) is 22.7 Å². The van der Waals surface area contributed by atoms with Crippen molar-refractivity contribution < 1.29 is 27.8 Å². The maximum atomic E-state index is 13.5. The predicted molar refractivity (Wildman–Crippen MR) is 111 cm³/mol. The average molecular weight is 435 g/mol. The summed E-state index contributed by atoms with van der Waals surface area (Å²) in [5.41, 5.74) is 0.437. The molecule has 3 aromatic carbocycles. The van der Waals surface area contributed by atoms with E-state index in [1.165, 1.54) is 25.1 Å². The largest absolute Gasteiger partial charge is 0.506 e. The van der Waals surface area contributed by atoms with Crippen LogP contribution in [0.5, 0.6) is 5.75 Å². The van der Waals surface area contributed by atoms with Crippen LogP contribution in [0.15, 0.2) is 58.3 Å². The number of anilines is 1. The number of phenols is 1. The summed E-state index contributed by atoms with van der Waals surface area (Å²) in [6.45, 7) is 1.47. The molecule has 0 aliphatic carbocycles. The quantitative estimate of drug-likeness (QED) is 0.376. The number of thioether (sulfide) groups is 1. The molecule has 6 nitrogen and oxygen atoms in total. The Bertz CT molecular complexity index is 1190. The van der Waals surface area contributed by atoms with Crippen molar-refractivity contribution in [3.05, 3.63) is 59.9 Å². The van der Waals surface area contributed by atoms with Crippen LogP contribution in [0.1, 0.15) is 12.0 Å². The molecule has 3 rings (SSSR count). The minimum absolute atomic E-state index is 0.0448. The molecule has 3 N–H and O–H groups in total. The lowest BCUT2D eigenvalue weighted by atomic mass is 10.1. The first-order valence-corrected chi connectivity index (χ1v) is 11.0. The molecule has 3 aromatic rings. The second-order valence-electron chi connectivity index (χ2n) is 6.33. The molecule has 29 heavy (non-hydrogen) atoms. The van der Waals surface area contributed by atoms with Crippen molar-refractivity contribution in [1.29, 1.82) is 0 Å². The third kappa shape index (κ3) is 4.63. The van der Waals surface area contributed by atoms with Crippen LogP contribution >= 0.6 is 11.8 Å². The van der Waals surface area contributed by atoms with E-state index in [0.717, 1.165) is 17.8 Å². The molecule has 9 heteroatoms. The van der Waals surface area contributed by atoms with Crippen molar-refractivity contribution in [3.63, 3.8) is 0 Å². The Labute approximate surface area is 171 Å². The molecule has 0 spiro atoms. The number of carboxylic acids is 1. The molecular formula is C20H18FNO5S2. The number of nitrogens with one attached hydrogen (secondary N) is 1. The number of hydrogen-bond acceptors (Lipinski definition) is 5. The molecule has 0 atom stereocenters. The summed E-state index contributed by atoms with van der Waals surface area (Å²) >= 11 is 1.12. The van der Waals surface area contributed by atoms with Crippen LogP contribution in [0.2, 0.25) is 0 Å². The number of halogens is 1. The zero-order chi connectivity index (χ0) is 21.2. The first-order chi connectivity index (χ1) is 13.7. The molecule has 0 bridgehead atoms. The number of fused-ring (bicyclic) bond motifs is 1. The van der Waals surface area contributed by atoms with Gasteiger partial charge in [0.2, 0.25) is 0 Å². The van der Waals surface area contributed by atoms with Crippen molar-refractivity contribution in [2.45, 2.75) is 23.1 Å². The van der Waals surface area contributed by atoms with Crippen LogP contribution in [0, 0.1) is 12.7 Å². The van der Waals surface area contributed by atoms with Gasteiger partial charge in [0.1, 0.15) is 11.6 Å². The maximum absolute atomic E-state index is 13.5. The van der Waals surface area contributed by atoms with E-state index in [-0.39, 0.29) is 34.1 Å². The number of rotatable bonds is 7. The van der Waals surface area contributed by atoms with Crippen molar-refractivity contribution in [2.24, 2.45) is 0 Å². The number of hydrogen-bond donors (Lipinski definition) is 3. The summed E-state index contributed by atoms with van der Waals surface area (Å²) in [5, 5.41) is 20.3. The zero-order valence-electron chi connectivity index (χ0n) is 15.3. The maximum Gasteiger partial charge on any atom is 0.304 e. The van der Waals surface area contributed by atoms with Gasteiger partial charge in [0, 0.05) is 16.5 Å². The molecule has 0 fully saturated rings. The van der Waals surface area contributed by atoms with Gasteiger partial charge in [-0.05, 0) is 36.8 Å². The van der Waals surface area contributed by atoms with Gasteiger partial charge in [-0.15, -0.1) is 11.8 Å². The van der Waals surface area contributed by atoms with Gasteiger partial charge in [-0.3, -0.25) is 9.52 Å². The van der Waals surface area contributed by atoms with Crippen LogP contribution in [0.25, 0.3) is 10.8 Å². The van der Waals surface area contributed by atoms with Crippen LogP contribution < -0.4 is 4.72 Å². The Morgan fingerprint density at radius 2 is 1.83 bits per heavy atom. The first kappa shape index (κ1) is 20.9. The highest BCUT2D eigenvalue weighted by atomic mass is 32.2. The van der Waals surface area contributed by atoms with Gasteiger partial charge in [-0.25, -0.2) is 12.8 Å². The van der Waals surface area contributed by atoms with E-state index in [2.05, 4.69) is 4.72 Å². The summed E-state index contributed by atoms with van der Waals surface area (Å²) in [6.07, 6.45) is -0.104. The molecule has 152 valence electrons. The van der Waals surface area contributed by atoms with E-state index in [0.29, 0.717) is 15.7 Å². The fraction of sp³-hybridized carbons (Fsp3) is 0.150. The van der Waals surface area contributed by atoms with E-state index >= 15 is 0 Å². The van der Waals surface area contributed by atoms with E-state index in [1.807, 2.05) is 0 Å². The topological polar surface area (TPSA) is 104 Å². The van der Waals surface area contributed by atoms with Gasteiger partial charge in [0.15, 0.2) is 0 Å². The van der Waals surface area contributed by atoms with Gasteiger partial charge in [-0.2, -0.15) is 0 Å². The summed E-state index contributed by atoms with van der Waals surface area (Å²) in [4.78, 5) is 11.0. The average Bonchev–Trinajstić information content (AvgIpc) is 2.67. The summed E-state index contributed by atoms with van der Waals surface area (Å²) in [5.74, 6) is -1.30. The van der Waals surface area contributed by atoms with Crippen LogP contribution in [-0.4, -0.2) is 30.4 Å². The highest BCUT2D eigenvalue weighted by Gasteiger charge is 2.19. The number of benzene rings is 3. The Morgan fingerprint density at radius 1 is 1.14 bits per heavy atom. The molecular weight excluding hydrogens is 417 g/mol. The van der Waals surface area contributed by atoms with E-state index < -0.39 is 21.8 Å². The third-order valence-corrected chi connectivity index (χ3v) is 6.63. The van der Waals surface area contributed by atoms with E-state index in [4.69, 9.17) is 5.11 Å². The molecule has 0 radical (unpaired) electrons. The Morgan fingerprint density at radius 3 is 2.48 bits per heavy atom. The van der Waals surface area contributed by atoms with Crippen molar-refractivity contribution >= 4 is 44.2 Å². The van der Waals surface area contributed by atoms with Gasteiger partial charge < -0.3 is 10.2 Å². The highest BCUT2D eigenvalue weighted by Crippen LogP contribution is 2.40. The second-order valence-corrected chi connectivity index (χ2v) is 9.14. The number of aliphatic carboxylic acids is 1. The number of carbonyl (C=O) groups is 1. The summed E-state index contributed by atoms with van der Waals surface area (Å²) in [7, 11) is -4.01. The van der Waals surface area contributed by atoms with Crippen LogP contribution in [-0.2, 0) is 14.8 Å². The molecule has 0 unspecified atom stereocenters. The number of aryl methyl sites for hydroxylation is 1. The highest BCUT2D eigenvalue weighted by molar-refractivity contribution is 7.99. The number of aromatic hydroxyl groups is 1. The van der Waals surface area contributed by atoms with Gasteiger partial charge in [-0.1, -0.05) is 24.3 Å². The van der Waals surface area contributed by atoms with Crippen LogP contribution in [0.3, 0.4) is 0 Å². The standard InChI is InChI=1S/C20H18FNO5S2/c1-12-10-13(6-7-16(12)21)29(26,27)22-17-11-18(28-9-8-19(23)24)20(25)15-5-3-2-4-14(15)17/h2-7,10-11,22,25H,8-9H2,1H3,(H,23,24). The first-order valence-electron chi connectivity index (χ1n) is 8.57. The normalized spacial score (nSPS) is 11.5. The minimum Gasteiger partial charge on any atom is -0.506 e. The Balaban J connectivity index is 2.04. The molecule has 0 aromatic heterocycles. The van der Waals surface area contributed by atoms with Gasteiger partial charge >= 0.3 is 5.97 Å². The lowest BCUT2D eigenvalue weighted by Gasteiger charge is -2.15. The Hall–Kier alpha value is -2.78. The molecule has 0 aliphatic rings. The molecule has 0 heterocycles. The summed E-state index contributed by atoms with van der Waals surface area (Å²) in [6, 6.07) is 11.7. The lowest BCUT2D eigenvalue weighted by molar-refractivity contribution is -0.136. The smallest absolute Gasteiger partial charge is 0.304 e. The number of phenolic OH excluding ortho intramolecular Hbond substituents is 1. The fourth-order valence-electron chi connectivity index (χ4n) is 2.77. The van der Waals surface area contributed by atoms with Crippen molar-refractivity contribution in [3.8, 4) is 5.75 Å². The monoisotopic (exact) mass is 435 g/mol. The molecule has 0 saturated heterocycles. The van der Waals surface area contributed by atoms with Gasteiger partial charge in [0.05, 0.1) is 21.9 Å². The number of carboxylic acid groups (broad SMARTS) is 1. The SMILES string of the molecule is Cc1cc(S(=O)(=O)Nc2cc(SCCC(=O)O)c(O)c3ccccc23)ccc1F. The zero-order valence-corrected chi connectivity index (χ0v) is 17.0. The Kier molecular flexibility index (Phi) is 5.99. The number of sulfonamides is 1. The molecule has 0 aliphatic heterocycles. The molecule has 0 saturated carbocycles. The van der Waals surface area contributed by atoms with Crippen LogP contribution in [0.4, 0.5) is 10.1 Å². The third-order valence-electron chi connectivity index (χ3n) is 4.24. The minimum atomic E-state index is -4.01. The van der Waals surface area contributed by atoms with Gasteiger partial charge in [0.25, 0.3) is 10.0 Å².